The number of thiophene rings is 1. The summed E-state index contributed by atoms with van der Waals surface area (Å²) >= 11 is 3.06. The van der Waals surface area contributed by atoms with Crippen LogP contribution < -0.4 is 16.3 Å². The lowest BCUT2D eigenvalue weighted by Crippen LogP contribution is -2.16. The molecule has 0 aliphatic carbocycles. The number of ether oxygens (including phenoxy) is 1. The van der Waals surface area contributed by atoms with E-state index >= 15 is 0 Å². The molecule has 4 aromatic rings. The van der Waals surface area contributed by atoms with Gasteiger partial charge in [0.15, 0.2) is 5.82 Å². The quantitative estimate of drug-likeness (QED) is 0.293. The van der Waals surface area contributed by atoms with Crippen LogP contribution in [0.2, 0.25) is 0 Å². The van der Waals surface area contributed by atoms with Crippen molar-refractivity contribution in [1.29, 1.82) is 0 Å². The second kappa shape index (κ2) is 8.83. The topological polar surface area (TPSA) is 118 Å². The van der Waals surface area contributed by atoms with Crippen LogP contribution in [-0.2, 0) is 12.0 Å². The van der Waals surface area contributed by atoms with E-state index in [4.69, 9.17) is 21.3 Å². The second-order valence-corrected chi connectivity index (χ2v) is 11.5. The molecule has 4 rings (SSSR count). The second-order valence-electron chi connectivity index (χ2n) is 9.02. The molecule has 174 valence electrons. The maximum atomic E-state index is 6.25. The van der Waals surface area contributed by atoms with Crippen molar-refractivity contribution in [2.24, 2.45) is 0 Å². The Bertz CT molecular complexity index is 1290. The average molecular weight is 484 g/mol. The summed E-state index contributed by atoms with van der Waals surface area (Å²) in [6.07, 6.45) is 0. The molecule has 4 N–H and O–H groups in total. The number of hydrogen-bond acceptors (Lipinski definition) is 9. The highest BCUT2D eigenvalue weighted by Crippen LogP contribution is 2.36. The van der Waals surface area contributed by atoms with Crippen molar-refractivity contribution in [1.82, 2.24) is 24.8 Å². The van der Waals surface area contributed by atoms with Crippen molar-refractivity contribution in [3.8, 4) is 5.75 Å². The van der Waals surface area contributed by atoms with Gasteiger partial charge in [-0.3, -0.25) is 0 Å². The van der Waals surface area contributed by atoms with Crippen LogP contribution in [0.25, 0.3) is 10.2 Å². The third-order valence-corrected chi connectivity index (χ3v) is 7.70. The lowest BCUT2D eigenvalue weighted by Gasteiger charge is -2.19. The molecule has 0 spiro atoms. The predicted molar refractivity (Wildman–Crippen MR) is 135 cm³/mol. The number of nitrogen functional groups attached to an aromatic ring is 2. The monoisotopic (exact) mass is 483 g/mol. The summed E-state index contributed by atoms with van der Waals surface area (Å²) in [6.45, 7) is 12.9. The van der Waals surface area contributed by atoms with E-state index in [1.54, 1.807) is 11.3 Å². The van der Waals surface area contributed by atoms with E-state index < -0.39 is 0 Å². The Labute approximate surface area is 201 Å². The van der Waals surface area contributed by atoms with Crippen molar-refractivity contribution in [2.45, 2.75) is 64.0 Å². The highest BCUT2D eigenvalue weighted by atomic mass is 32.2. The van der Waals surface area contributed by atoms with Crippen molar-refractivity contribution in [3.63, 3.8) is 0 Å². The van der Waals surface area contributed by atoms with E-state index in [2.05, 4.69) is 55.0 Å². The number of aromatic nitrogens is 5. The van der Waals surface area contributed by atoms with Crippen LogP contribution in [0.4, 0.5) is 5.82 Å². The van der Waals surface area contributed by atoms with Gasteiger partial charge in [-0.2, -0.15) is 0 Å². The molecular formula is C23H29N7OS2. The molecule has 10 heteroatoms. The van der Waals surface area contributed by atoms with Gasteiger partial charge in [0.25, 0.3) is 0 Å². The van der Waals surface area contributed by atoms with Crippen LogP contribution in [0.3, 0.4) is 0 Å². The lowest BCUT2D eigenvalue weighted by molar-refractivity contribution is 0.291. The molecule has 1 aromatic carbocycles. The zero-order valence-electron chi connectivity index (χ0n) is 19.7. The molecule has 8 nitrogen and oxygen atoms in total. The molecule has 0 amide bonds. The molecule has 0 fully saturated rings. The molecule has 1 atom stereocenters. The summed E-state index contributed by atoms with van der Waals surface area (Å²) in [5.41, 5.74) is 8.72. The van der Waals surface area contributed by atoms with Crippen LogP contribution >= 0.6 is 23.1 Å². The van der Waals surface area contributed by atoms with E-state index in [1.165, 1.54) is 26.9 Å². The number of aryl methyl sites for hydroxylation is 2. The first-order chi connectivity index (χ1) is 15.5. The smallest absolute Gasteiger partial charge is 0.210 e. The van der Waals surface area contributed by atoms with Crippen LogP contribution in [0.5, 0.6) is 5.75 Å². The third-order valence-electron chi connectivity index (χ3n) is 5.54. The minimum atomic E-state index is -0.107. The number of rotatable bonds is 6. The first kappa shape index (κ1) is 23.3. The highest BCUT2D eigenvalue weighted by molar-refractivity contribution is 7.99. The standard InChI is InChI=1S/C23H29N7OS2/c1-12-13(2)32-21-18(12)19(24)26-20(27-21)14(3)33-22-29-28-17(30(22)25)11-31-16-9-7-15(8-10-16)23(4,5)6/h7-10,14H,11,25H2,1-6H3,(H2,24,26,27)/t14-/m0/s1. The lowest BCUT2D eigenvalue weighted by atomic mass is 9.87. The maximum absolute atomic E-state index is 6.25. The Morgan fingerprint density at radius 2 is 1.82 bits per heavy atom. The van der Waals surface area contributed by atoms with Gasteiger partial charge in [-0.1, -0.05) is 44.7 Å². The van der Waals surface area contributed by atoms with Gasteiger partial charge in [0.05, 0.1) is 10.6 Å². The third kappa shape index (κ3) is 4.77. The normalized spacial score (nSPS) is 12.9. The number of anilines is 1. The number of fused-ring (bicyclic) bond motifs is 1. The molecule has 0 unspecified atom stereocenters. The molecule has 0 aliphatic rings. The average Bonchev–Trinajstić information content (AvgIpc) is 3.25. The van der Waals surface area contributed by atoms with E-state index in [1.807, 2.05) is 26.0 Å². The number of nitrogens with zero attached hydrogens (tertiary/aromatic N) is 5. The Hall–Kier alpha value is -2.85. The highest BCUT2D eigenvalue weighted by Gasteiger charge is 2.20. The first-order valence-corrected chi connectivity index (χ1v) is 12.4. The molecule has 0 saturated carbocycles. The predicted octanol–water partition coefficient (Wildman–Crippen LogP) is 4.93. The van der Waals surface area contributed by atoms with Crippen molar-refractivity contribution in [3.05, 3.63) is 51.9 Å². The molecule has 33 heavy (non-hydrogen) atoms. The molecule has 0 aliphatic heterocycles. The van der Waals surface area contributed by atoms with Gasteiger partial charge in [0, 0.05) is 4.88 Å². The van der Waals surface area contributed by atoms with Crippen molar-refractivity contribution >= 4 is 39.1 Å². The minimum Gasteiger partial charge on any atom is -0.486 e. The van der Waals surface area contributed by atoms with Gasteiger partial charge in [-0.15, -0.1) is 21.5 Å². The number of benzene rings is 1. The zero-order valence-corrected chi connectivity index (χ0v) is 21.3. The molecule has 3 heterocycles. The van der Waals surface area contributed by atoms with E-state index in [-0.39, 0.29) is 17.3 Å². The van der Waals surface area contributed by atoms with Gasteiger partial charge in [-0.25, -0.2) is 14.6 Å². The summed E-state index contributed by atoms with van der Waals surface area (Å²) < 4.78 is 7.32. The fourth-order valence-corrected chi connectivity index (χ4v) is 5.25. The maximum Gasteiger partial charge on any atom is 0.210 e. The Morgan fingerprint density at radius 1 is 1.12 bits per heavy atom. The van der Waals surface area contributed by atoms with E-state index in [0.717, 1.165) is 21.5 Å². The summed E-state index contributed by atoms with van der Waals surface area (Å²) in [4.78, 5) is 11.4. The van der Waals surface area contributed by atoms with Crippen LogP contribution in [-0.4, -0.2) is 24.8 Å². The SMILES string of the molecule is Cc1sc2nc([C@H](C)Sc3nnc(COc4ccc(C(C)(C)C)cc4)n3N)nc(N)c2c1C. The fourth-order valence-electron chi connectivity index (χ4n) is 3.38. The summed E-state index contributed by atoms with van der Waals surface area (Å²) in [5, 5.41) is 9.82. The first-order valence-electron chi connectivity index (χ1n) is 10.7. The zero-order chi connectivity index (χ0) is 23.9. The molecule has 0 saturated heterocycles. The van der Waals surface area contributed by atoms with E-state index in [0.29, 0.717) is 22.6 Å². The van der Waals surface area contributed by atoms with Gasteiger partial charge < -0.3 is 16.3 Å². The van der Waals surface area contributed by atoms with Crippen molar-refractivity contribution < 1.29 is 4.74 Å². The number of hydrogen-bond donors (Lipinski definition) is 2. The molecule has 3 aromatic heterocycles. The van der Waals surface area contributed by atoms with Gasteiger partial charge in [-0.05, 0) is 49.4 Å². The number of thioether (sulfide) groups is 1. The van der Waals surface area contributed by atoms with Gasteiger partial charge >= 0.3 is 0 Å². The molecule has 0 radical (unpaired) electrons. The Kier molecular flexibility index (Phi) is 6.24. The van der Waals surface area contributed by atoms with Gasteiger partial charge in [0.2, 0.25) is 5.16 Å². The Morgan fingerprint density at radius 3 is 2.48 bits per heavy atom. The molecular weight excluding hydrogens is 454 g/mol. The molecule has 0 bridgehead atoms. The fraction of sp³-hybridized carbons (Fsp3) is 0.391. The summed E-state index contributed by atoms with van der Waals surface area (Å²) in [5.74, 6) is 8.68. The largest absolute Gasteiger partial charge is 0.486 e. The summed E-state index contributed by atoms with van der Waals surface area (Å²) in [7, 11) is 0. The minimum absolute atomic E-state index is 0.0961. The van der Waals surface area contributed by atoms with E-state index in [9.17, 15) is 0 Å². The van der Waals surface area contributed by atoms with Crippen LogP contribution in [0, 0.1) is 13.8 Å². The summed E-state index contributed by atoms with van der Waals surface area (Å²) in [6, 6.07) is 8.07. The van der Waals surface area contributed by atoms with Crippen LogP contribution in [0.1, 0.15) is 60.6 Å². The Balaban J connectivity index is 1.45. The van der Waals surface area contributed by atoms with Crippen molar-refractivity contribution in [2.75, 3.05) is 11.6 Å². The number of nitrogens with two attached hydrogens (primary N) is 2. The van der Waals surface area contributed by atoms with Gasteiger partial charge in [0.1, 0.15) is 28.8 Å². The van der Waals surface area contributed by atoms with Crippen LogP contribution in [0.15, 0.2) is 29.4 Å².